The van der Waals surface area contributed by atoms with E-state index < -0.39 is 0 Å². The van der Waals surface area contributed by atoms with Crippen LogP contribution in [0.3, 0.4) is 0 Å². The molecular formula is C19H21N3O. The van der Waals surface area contributed by atoms with Crippen molar-refractivity contribution in [3.05, 3.63) is 48.0 Å². The molecule has 0 amide bonds. The van der Waals surface area contributed by atoms with Crippen LogP contribution >= 0.6 is 0 Å². The largest absolute Gasteiger partial charge is 0.490 e. The Labute approximate surface area is 136 Å². The van der Waals surface area contributed by atoms with Crippen LogP contribution < -0.4 is 4.74 Å². The van der Waals surface area contributed by atoms with Gasteiger partial charge in [-0.05, 0) is 68.5 Å². The molecule has 0 bridgehead atoms. The number of benzene rings is 2. The minimum Gasteiger partial charge on any atom is -0.490 e. The zero-order valence-electron chi connectivity index (χ0n) is 13.4. The summed E-state index contributed by atoms with van der Waals surface area (Å²) in [6, 6.07) is 14.1. The number of aromatic nitrogens is 3. The summed E-state index contributed by atoms with van der Waals surface area (Å²) in [5.74, 6) is 0.984. The highest BCUT2D eigenvalue weighted by Gasteiger charge is 2.16. The van der Waals surface area contributed by atoms with Crippen molar-refractivity contribution in [1.82, 2.24) is 15.0 Å². The first-order valence-corrected chi connectivity index (χ1v) is 8.39. The second-order valence-electron chi connectivity index (χ2n) is 6.31. The molecule has 0 N–H and O–H groups in total. The van der Waals surface area contributed by atoms with Crippen molar-refractivity contribution in [3.63, 3.8) is 0 Å². The summed E-state index contributed by atoms with van der Waals surface area (Å²) in [4.78, 5) is 1.70. The van der Waals surface area contributed by atoms with E-state index in [1.54, 1.807) is 4.80 Å². The molecule has 118 valence electrons. The van der Waals surface area contributed by atoms with Crippen LogP contribution in [-0.4, -0.2) is 21.1 Å². The van der Waals surface area contributed by atoms with Crippen molar-refractivity contribution in [1.29, 1.82) is 0 Å². The van der Waals surface area contributed by atoms with Gasteiger partial charge in [-0.15, -0.1) is 10.2 Å². The predicted molar refractivity (Wildman–Crippen MR) is 91.1 cm³/mol. The Bertz CT molecular complexity index is 785. The van der Waals surface area contributed by atoms with Crippen molar-refractivity contribution in [2.45, 2.75) is 45.1 Å². The van der Waals surface area contributed by atoms with Gasteiger partial charge in [-0.1, -0.05) is 18.6 Å². The summed E-state index contributed by atoms with van der Waals surface area (Å²) in [6.45, 7) is 2.09. The maximum atomic E-state index is 6.19. The molecule has 4 nitrogen and oxygen atoms in total. The van der Waals surface area contributed by atoms with Gasteiger partial charge in [0.05, 0.1) is 11.8 Å². The molecule has 1 saturated carbocycles. The average molecular weight is 307 g/mol. The molecule has 0 saturated heterocycles. The normalized spacial score (nSPS) is 15.9. The molecule has 0 unspecified atom stereocenters. The molecule has 1 aliphatic rings. The minimum atomic E-state index is 0.374. The maximum Gasteiger partial charge on any atom is 0.122 e. The molecule has 3 aromatic rings. The van der Waals surface area contributed by atoms with E-state index in [1.807, 2.05) is 36.4 Å². The van der Waals surface area contributed by atoms with Crippen molar-refractivity contribution in [2.75, 3.05) is 0 Å². The fourth-order valence-corrected chi connectivity index (χ4v) is 3.23. The van der Waals surface area contributed by atoms with Gasteiger partial charge in [0.25, 0.3) is 0 Å². The predicted octanol–water partition coefficient (Wildman–Crippen LogP) is 4.44. The Balaban J connectivity index is 1.59. The summed E-state index contributed by atoms with van der Waals surface area (Å²) >= 11 is 0. The fraction of sp³-hybridized carbons (Fsp3) is 0.368. The van der Waals surface area contributed by atoms with Crippen molar-refractivity contribution in [3.8, 4) is 11.4 Å². The first-order valence-electron chi connectivity index (χ1n) is 8.39. The quantitative estimate of drug-likeness (QED) is 0.718. The summed E-state index contributed by atoms with van der Waals surface area (Å²) < 4.78 is 6.19. The number of hydrogen-bond donors (Lipinski definition) is 0. The Morgan fingerprint density at radius 1 is 0.957 bits per heavy atom. The van der Waals surface area contributed by atoms with E-state index in [-0.39, 0.29) is 0 Å². The summed E-state index contributed by atoms with van der Waals surface area (Å²) in [5.41, 5.74) is 3.92. The van der Waals surface area contributed by atoms with Gasteiger partial charge in [-0.3, -0.25) is 0 Å². The lowest BCUT2D eigenvalue weighted by molar-refractivity contribution is 0.154. The lowest BCUT2D eigenvalue weighted by Crippen LogP contribution is -2.20. The number of hydrogen-bond acceptors (Lipinski definition) is 3. The zero-order valence-corrected chi connectivity index (χ0v) is 13.4. The van der Waals surface area contributed by atoms with Gasteiger partial charge >= 0.3 is 0 Å². The van der Waals surface area contributed by atoms with Crippen molar-refractivity contribution in [2.24, 2.45) is 0 Å². The maximum absolute atomic E-state index is 6.19. The third-order valence-electron chi connectivity index (χ3n) is 4.52. The highest BCUT2D eigenvalue weighted by atomic mass is 16.5. The molecule has 1 aromatic heterocycles. The van der Waals surface area contributed by atoms with Crippen LogP contribution in [0.15, 0.2) is 42.5 Å². The second kappa shape index (κ2) is 6.03. The van der Waals surface area contributed by atoms with E-state index in [2.05, 4.69) is 23.2 Å². The molecule has 0 radical (unpaired) electrons. The molecule has 1 aliphatic carbocycles. The molecule has 0 aliphatic heterocycles. The highest BCUT2D eigenvalue weighted by molar-refractivity contribution is 5.73. The lowest BCUT2D eigenvalue weighted by atomic mass is 9.98. The first kappa shape index (κ1) is 14.2. The Hall–Kier alpha value is -2.36. The lowest BCUT2D eigenvalue weighted by Gasteiger charge is -2.24. The van der Waals surface area contributed by atoms with E-state index in [1.165, 1.54) is 32.1 Å². The summed E-state index contributed by atoms with van der Waals surface area (Å²) in [6.07, 6.45) is 6.63. The van der Waals surface area contributed by atoms with Gasteiger partial charge < -0.3 is 4.74 Å². The molecule has 4 rings (SSSR count). The van der Waals surface area contributed by atoms with E-state index in [4.69, 9.17) is 4.74 Å². The molecule has 0 spiro atoms. The number of aryl methyl sites for hydroxylation is 1. The van der Waals surface area contributed by atoms with E-state index in [9.17, 15) is 0 Å². The van der Waals surface area contributed by atoms with Crippen LogP contribution in [0.1, 0.15) is 37.7 Å². The van der Waals surface area contributed by atoms with Crippen LogP contribution in [0.2, 0.25) is 0 Å². The molecule has 23 heavy (non-hydrogen) atoms. The van der Waals surface area contributed by atoms with Crippen LogP contribution in [0.25, 0.3) is 16.7 Å². The fourth-order valence-electron chi connectivity index (χ4n) is 3.23. The molecule has 1 fully saturated rings. The zero-order chi connectivity index (χ0) is 15.6. The topological polar surface area (TPSA) is 39.9 Å². The second-order valence-corrected chi connectivity index (χ2v) is 6.31. The van der Waals surface area contributed by atoms with Crippen LogP contribution in [0.4, 0.5) is 0 Å². The Kier molecular flexibility index (Phi) is 3.74. The average Bonchev–Trinajstić information content (AvgIpc) is 3.02. The van der Waals surface area contributed by atoms with Gasteiger partial charge in [0.15, 0.2) is 0 Å². The minimum absolute atomic E-state index is 0.374. The van der Waals surface area contributed by atoms with Crippen molar-refractivity contribution < 1.29 is 4.74 Å². The smallest absolute Gasteiger partial charge is 0.122 e. The van der Waals surface area contributed by atoms with Gasteiger partial charge in [0.2, 0.25) is 0 Å². The first-order chi connectivity index (χ1) is 11.3. The van der Waals surface area contributed by atoms with E-state index in [0.717, 1.165) is 28.0 Å². The number of fused-ring (bicyclic) bond motifs is 1. The van der Waals surface area contributed by atoms with Crippen LogP contribution in [0, 0.1) is 6.92 Å². The van der Waals surface area contributed by atoms with Crippen molar-refractivity contribution >= 4 is 11.0 Å². The molecular weight excluding hydrogens is 286 g/mol. The SMILES string of the molecule is Cc1cc(-n2nc3ccccc3n2)ccc1OC1CCCCC1. The van der Waals surface area contributed by atoms with Gasteiger partial charge in [0, 0.05) is 0 Å². The molecule has 4 heteroatoms. The van der Waals surface area contributed by atoms with Gasteiger partial charge in [-0.25, -0.2) is 0 Å². The Morgan fingerprint density at radius 3 is 2.30 bits per heavy atom. The monoisotopic (exact) mass is 307 g/mol. The van der Waals surface area contributed by atoms with Gasteiger partial charge in [0.1, 0.15) is 16.8 Å². The molecule has 0 atom stereocenters. The summed E-state index contributed by atoms with van der Waals surface area (Å²) in [5, 5.41) is 9.07. The van der Waals surface area contributed by atoms with E-state index in [0.29, 0.717) is 6.10 Å². The van der Waals surface area contributed by atoms with Gasteiger partial charge in [-0.2, -0.15) is 4.80 Å². The van der Waals surface area contributed by atoms with E-state index >= 15 is 0 Å². The number of rotatable bonds is 3. The van der Waals surface area contributed by atoms with Crippen LogP contribution in [0.5, 0.6) is 5.75 Å². The standard InChI is InChI=1S/C19H21N3O/c1-14-13-15(22-20-17-9-5-6-10-18(17)21-22)11-12-19(14)23-16-7-3-2-4-8-16/h5-6,9-13,16H,2-4,7-8H2,1H3. The summed E-state index contributed by atoms with van der Waals surface area (Å²) in [7, 11) is 0. The number of nitrogens with zero attached hydrogens (tertiary/aromatic N) is 3. The molecule has 1 heterocycles. The third kappa shape index (κ3) is 2.93. The van der Waals surface area contributed by atoms with Crippen LogP contribution in [-0.2, 0) is 0 Å². The Morgan fingerprint density at radius 2 is 1.65 bits per heavy atom. The molecule has 2 aromatic carbocycles. The third-order valence-corrected chi connectivity index (χ3v) is 4.52. The number of ether oxygens (including phenoxy) is 1. The highest BCUT2D eigenvalue weighted by Crippen LogP contribution is 2.27.